The average Bonchev–Trinajstić information content (AvgIpc) is 2.62. The third-order valence-electron chi connectivity index (χ3n) is 2.05. The highest BCUT2D eigenvalue weighted by atomic mass is 127. The van der Waals surface area contributed by atoms with E-state index in [2.05, 4.69) is 46.4 Å². The molecule has 0 atom stereocenters. The number of hydrogen-bond acceptors (Lipinski definition) is 3. The van der Waals surface area contributed by atoms with E-state index in [9.17, 15) is 0 Å². The molecular weight excluding hydrogens is 327 g/mol. The normalized spacial score (nSPS) is 10.8. The van der Waals surface area contributed by atoms with Crippen molar-refractivity contribution in [3.63, 3.8) is 0 Å². The Morgan fingerprint density at radius 1 is 1.43 bits per heavy atom. The van der Waals surface area contributed by atoms with E-state index in [0.717, 1.165) is 5.75 Å². The molecule has 1 aromatic carbocycles. The summed E-state index contributed by atoms with van der Waals surface area (Å²) in [6.07, 6.45) is 2.11. The molecular formula is C10H9IOS2. The zero-order valence-electron chi connectivity index (χ0n) is 7.83. The molecule has 0 unspecified atom stereocenters. The fraction of sp³-hybridized carbons (Fsp3) is 0.200. The SMILES string of the molecule is COc1csc2c(I)c(SC)ccc12. The number of fused-ring (bicyclic) bond motifs is 1. The van der Waals surface area contributed by atoms with Gasteiger partial charge >= 0.3 is 0 Å². The first-order valence-corrected chi connectivity index (χ1v) is 7.24. The highest BCUT2D eigenvalue weighted by molar-refractivity contribution is 14.1. The zero-order valence-corrected chi connectivity index (χ0v) is 11.6. The lowest BCUT2D eigenvalue weighted by Gasteiger charge is -2.02. The summed E-state index contributed by atoms with van der Waals surface area (Å²) in [5, 5.41) is 3.29. The Morgan fingerprint density at radius 3 is 2.86 bits per heavy atom. The summed E-state index contributed by atoms with van der Waals surface area (Å²) in [6, 6.07) is 4.29. The van der Waals surface area contributed by atoms with E-state index in [1.165, 1.54) is 18.6 Å². The summed E-state index contributed by atoms with van der Waals surface area (Å²) < 4.78 is 7.96. The van der Waals surface area contributed by atoms with Crippen LogP contribution in [-0.4, -0.2) is 13.4 Å². The van der Waals surface area contributed by atoms with Crippen molar-refractivity contribution in [1.29, 1.82) is 0 Å². The molecule has 74 valence electrons. The zero-order chi connectivity index (χ0) is 10.1. The predicted octanol–water partition coefficient (Wildman–Crippen LogP) is 4.24. The van der Waals surface area contributed by atoms with Crippen LogP contribution in [0.4, 0.5) is 0 Å². The lowest BCUT2D eigenvalue weighted by atomic mass is 10.2. The molecule has 1 aromatic heterocycles. The maximum Gasteiger partial charge on any atom is 0.137 e. The smallest absolute Gasteiger partial charge is 0.137 e. The fourth-order valence-corrected chi connectivity index (χ4v) is 4.36. The molecule has 2 aromatic rings. The molecule has 0 spiro atoms. The van der Waals surface area contributed by atoms with Crippen molar-refractivity contribution >= 4 is 55.8 Å². The van der Waals surface area contributed by atoms with Crippen molar-refractivity contribution < 1.29 is 4.74 Å². The third kappa shape index (κ3) is 1.63. The molecule has 0 saturated carbocycles. The molecule has 0 saturated heterocycles. The topological polar surface area (TPSA) is 9.23 Å². The van der Waals surface area contributed by atoms with Crippen LogP contribution >= 0.6 is 45.7 Å². The van der Waals surface area contributed by atoms with Gasteiger partial charge in [0.25, 0.3) is 0 Å². The Morgan fingerprint density at radius 2 is 2.21 bits per heavy atom. The van der Waals surface area contributed by atoms with Gasteiger partial charge in [-0.2, -0.15) is 0 Å². The molecule has 1 nitrogen and oxygen atoms in total. The Labute approximate surface area is 105 Å². The average molecular weight is 336 g/mol. The van der Waals surface area contributed by atoms with Crippen LogP contribution in [0.2, 0.25) is 0 Å². The molecule has 1 heterocycles. The van der Waals surface area contributed by atoms with Crippen LogP contribution in [0.25, 0.3) is 10.1 Å². The third-order valence-corrected chi connectivity index (χ3v) is 5.67. The molecule has 0 aliphatic rings. The van der Waals surface area contributed by atoms with E-state index >= 15 is 0 Å². The highest BCUT2D eigenvalue weighted by Crippen LogP contribution is 2.38. The van der Waals surface area contributed by atoms with E-state index < -0.39 is 0 Å². The summed E-state index contributed by atoms with van der Waals surface area (Å²) in [4.78, 5) is 1.34. The summed E-state index contributed by atoms with van der Waals surface area (Å²) >= 11 is 5.94. The number of thiophene rings is 1. The first-order valence-electron chi connectivity index (χ1n) is 4.05. The Hall–Kier alpha value is 0.0600. The Bertz CT molecular complexity index is 464. The minimum absolute atomic E-state index is 0.982. The first kappa shape index (κ1) is 10.6. The van der Waals surface area contributed by atoms with Crippen LogP contribution in [0.5, 0.6) is 5.75 Å². The Kier molecular flexibility index (Phi) is 3.23. The van der Waals surface area contributed by atoms with Gasteiger partial charge in [0.2, 0.25) is 0 Å². The molecule has 0 aliphatic heterocycles. The van der Waals surface area contributed by atoms with Gasteiger partial charge in [0, 0.05) is 19.2 Å². The van der Waals surface area contributed by atoms with Gasteiger partial charge in [0.15, 0.2) is 0 Å². The lowest BCUT2D eigenvalue weighted by molar-refractivity contribution is 0.421. The standard InChI is InChI=1S/C10H9IOS2/c1-12-7-5-14-10-6(7)3-4-8(13-2)9(10)11/h3-5H,1-2H3. The van der Waals surface area contributed by atoms with Crippen LogP contribution < -0.4 is 4.74 Å². The minimum atomic E-state index is 0.982. The number of methoxy groups -OCH3 is 1. The number of benzene rings is 1. The van der Waals surface area contributed by atoms with Gasteiger partial charge in [-0.15, -0.1) is 23.1 Å². The monoisotopic (exact) mass is 336 g/mol. The number of hydrogen-bond donors (Lipinski definition) is 0. The molecule has 0 amide bonds. The van der Waals surface area contributed by atoms with Crippen molar-refractivity contribution in [3.8, 4) is 5.75 Å². The van der Waals surface area contributed by atoms with Gasteiger partial charge in [0.05, 0.1) is 11.8 Å². The van der Waals surface area contributed by atoms with E-state index in [-0.39, 0.29) is 0 Å². The van der Waals surface area contributed by atoms with Gasteiger partial charge in [0.1, 0.15) is 5.75 Å². The van der Waals surface area contributed by atoms with Crippen LogP contribution in [0.15, 0.2) is 22.4 Å². The summed E-state index contributed by atoms with van der Waals surface area (Å²) in [5.41, 5.74) is 0. The molecule has 0 N–H and O–H groups in total. The van der Waals surface area contributed by atoms with Crippen molar-refractivity contribution in [2.45, 2.75) is 4.90 Å². The molecule has 0 bridgehead atoms. The largest absolute Gasteiger partial charge is 0.495 e. The minimum Gasteiger partial charge on any atom is -0.495 e. The highest BCUT2D eigenvalue weighted by Gasteiger charge is 2.09. The van der Waals surface area contributed by atoms with Crippen molar-refractivity contribution in [2.24, 2.45) is 0 Å². The second kappa shape index (κ2) is 4.28. The fourth-order valence-electron chi connectivity index (χ4n) is 1.34. The number of thioether (sulfide) groups is 1. The molecule has 14 heavy (non-hydrogen) atoms. The van der Waals surface area contributed by atoms with Crippen LogP contribution in [0.1, 0.15) is 0 Å². The maximum absolute atomic E-state index is 5.30. The first-order chi connectivity index (χ1) is 6.77. The molecule has 4 heteroatoms. The number of ether oxygens (including phenoxy) is 1. The maximum atomic E-state index is 5.30. The quantitative estimate of drug-likeness (QED) is 0.599. The van der Waals surface area contributed by atoms with Gasteiger partial charge in [-0.25, -0.2) is 0 Å². The molecule has 2 rings (SSSR count). The van der Waals surface area contributed by atoms with Gasteiger partial charge < -0.3 is 4.74 Å². The van der Waals surface area contributed by atoms with Crippen molar-refractivity contribution in [3.05, 3.63) is 21.1 Å². The van der Waals surface area contributed by atoms with Crippen LogP contribution in [-0.2, 0) is 0 Å². The van der Waals surface area contributed by atoms with E-state index in [1.54, 1.807) is 30.2 Å². The summed E-state index contributed by atoms with van der Waals surface area (Å²) in [7, 11) is 1.72. The second-order valence-electron chi connectivity index (χ2n) is 2.76. The van der Waals surface area contributed by atoms with Gasteiger partial charge in [-0.3, -0.25) is 0 Å². The number of halogens is 1. The second-order valence-corrected chi connectivity index (χ2v) is 5.57. The molecule has 0 fully saturated rings. The molecule has 0 radical (unpaired) electrons. The summed E-state index contributed by atoms with van der Waals surface area (Å²) in [5.74, 6) is 0.982. The molecule has 0 aliphatic carbocycles. The van der Waals surface area contributed by atoms with E-state index in [0.29, 0.717) is 0 Å². The van der Waals surface area contributed by atoms with Crippen molar-refractivity contribution in [2.75, 3.05) is 13.4 Å². The Balaban J connectivity index is 2.72. The van der Waals surface area contributed by atoms with Crippen molar-refractivity contribution in [1.82, 2.24) is 0 Å². The van der Waals surface area contributed by atoms with Crippen LogP contribution in [0, 0.1) is 3.57 Å². The number of rotatable bonds is 2. The van der Waals surface area contributed by atoms with Gasteiger partial charge in [-0.05, 0) is 41.0 Å². The lowest BCUT2D eigenvalue weighted by Crippen LogP contribution is -1.81. The van der Waals surface area contributed by atoms with Gasteiger partial charge in [-0.1, -0.05) is 0 Å². The van der Waals surface area contributed by atoms with E-state index in [4.69, 9.17) is 4.74 Å². The van der Waals surface area contributed by atoms with Crippen LogP contribution in [0.3, 0.4) is 0 Å². The predicted molar refractivity (Wildman–Crippen MR) is 72.9 cm³/mol. The van der Waals surface area contributed by atoms with E-state index in [1.807, 2.05) is 0 Å². The summed E-state index contributed by atoms with van der Waals surface area (Å²) in [6.45, 7) is 0.